The van der Waals surface area contributed by atoms with Crippen LogP contribution in [0.4, 0.5) is 0 Å². The quantitative estimate of drug-likeness (QED) is 0.127. The molecule has 0 spiro atoms. The third-order valence-corrected chi connectivity index (χ3v) is 2.36. The SMILES string of the molecule is [O-][NH+](O)C(OCOC([NH+]([O-])O)([NH+]([O-])O)[NH+]([O-])O)([NH+]([O-])O)[NH+]([O-])O. The summed E-state index contributed by atoms with van der Waals surface area (Å²) in [6, 6.07) is 0. The molecule has 12 N–H and O–H groups in total. The second-order valence-electron chi connectivity index (χ2n) is 3.60. The fourth-order valence-electron chi connectivity index (χ4n) is 1.13. The molecule has 0 amide bonds. The lowest BCUT2D eigenvalue weighted by Crippen LogP contribution is -3.54. The van der Waals surface area contributed by atoms with Crippen LogP contribution in [0.1, 0.15) is 0 Å². The van der Waals surface area contributed by atoms with E-state index in [-0.39, 0.29) is 0 Å². The van der Waals surface area contributed by atoms with Gasteiger partial charge in [-0.15, -0.1) is 0 Å². The van der Waals surface area contributed by atoms with Gasteiger partial charge < -0.3 is 31.2 Å². The summed E-state index contributed by atoms with van der Waals surface area (Å²) in [5, 5.41) is 101. The van der Waals surface area contributed by atoms with Crippen LogP contribution in [0.25, 0.3) is 0 Å². The molecule has 0 radical (unpaired) electrons. The molecule has 0 aromatic heterocycles. The monoisotopic (exact) mass is 358 g/mol. The zero-order valence-electron chi connectivity index (χ0n) is 10.7. The summed E-state index contributed by atoms with van der Waals surface area (Å²) >= 11 is 0. The van der Waals surface area contributed by atoms with Gasteiger partial charge in [-0.25, -0.2) is 31.2 Å². The van der Waals surface area contributed by atoms with Crippen LogP contribution in [0.3, 0.4) is 0 Å². The molecule has 0 saturated carbocycles. The van der Waals surface area contributed by atoms with Crippen molar-refractivity contribution >= 4 is 0 Å². The highest BCUT2D eigenvalue weighted by Crippen LogP contribution is 1.89. The Morgan fingerprint density at radius 2 is 0.696 bits per heavy atom. The molecule has 0 aromatic rings. The molecule has 0 fully saturated rings. The minimum atomic E-state index is -3.97. The van der Waals surface area contributed by atoms with E-state index < -0.39 is 50.1 Å². The smallest absolute Gasteiger partial charge is 0.569 e. The molecule has 0 saturated heterocycles. The summed E-state index contributed by atoms with van der Waals surface area (Å²) in [4.78, 5) is 0. The van der Waals surface area contributed by atoms with E-state index in [4.69, 9.17) is 31.2 Å². The Labute approximate surface area is 123 Å². The number of rotatable bonds is 10. The van der Waals surface area contributed by atoms with E-state index >= 15 is 0 Å². The highest BCUT2D eigenvalue weighted by Gasteiger charge is 2.60. The summed E-state index contributed by atoms with van der Waals surface area (Å²) in [6.07, 6.45) is 0. The van der Waals surface area contributed by atoms with Crippen LogP contribution in [-0.2, 0) is 9.47 Å². The van der Waals surface area contributed by atoms with Gasteiger partial charge in [0.15, 0.2) is 6.79 Å². The van der Waals surface area contributed by atoms with E-state index in [1.165, 1.54) is 0 Å². The summed E-state index contributed by atoms with van der Waals surface area (Å²) in [5.41, 5.74) is 0. The molecule has 0 rings (SSSR count). The maximum atomic E-state index is 10.8. The van der Waals surface area contributed by atoms with Crippen molar-refractivity contribution in [1.29, 1.82) is 0 Å². The Morgan fingerprint density at radius 1 is 0.522 bits per heavy atom. The van der Waals surface area contributed by atoms with Crippen LogP contribution >= 0.6 is 0 Å². The Balaban J connectivity index is 5.33. The van der Waals surface area contributed by atoms with Crippen molar-refractivity contribution in [3.8, 4) is 0 Å². The van der Waals surface area contributed by atoms with Crippen molar-refractivity contribution in [2.24, 2.45) is 0 Å². The van der Waals surface area contributed by atoms with Gasteiger partial charge in [-0.3, -0.25) is 0 Å². The first-order valence-electron chi connectivity index (χ1n) is 5.05. The Kier molecular flexibility index (Phi) is 8.05. The second-order valence-corrected chi connectivity index (χ2v) is 3.60. The van der Waals surface area contributed by atoms with Gasteiger partial charge >= 0.3 is 11.9 Å². The molecule has 20 nitrogen and oxygen atoms in total. The molecule has 0 aliphatic rings. The van der Waals surface area contributed by atoms with Gasteiger partial charge in [-0.2, -0.15) is 9.47 Å². The van der Waals surface area contributed by atoms with Gasteiger partial charge in [0.05, 0.1) is 0 Å². The van der Waals surface area contributed by atoms with E-state index in [0.717, 1.165) is 0 Å². The second kappa shape index (κ2) is 8.34. The average molecular weight is 358 g/mol. The molecular formula is C3H14N6O14. The summed E-state index contributed by atoms with van der Waals surface area (Å²) < 4.78 is 7.82. The number of hydrogen-bond acceptors (Lipinski definition) is 14. The van der Waals surface area contributed by atoms with E-state index in [2.05, 4.69) is 9.47 Å². The van der Waals surface area contributed by atoms with Crippen LogP contribution in [0, 0.1) is 31.2 Å². The van der Waals surface area contributed by atoms with E-state index in [0.29, 0.717) is 0 Å². The fourth-order valence-corrected chi connectivity index (χ4v) is 1.13. The normalized spacial score (nSPS) is 25.6. The van der Waals surface area contributed by atoms with Gasteiger partial charge in [0.2, 0.25) is 0 Å². The van der Waals surface area contributed by atoms with Crippen LogP contribution in [0.5, 0.6) is 0 Å². The molecule has 140 valence electrons. The van der Waals surface area contributed by atoms with Crippen LogP contribution in [0.2, 0.25) is 0 Å². The minimum absolute atomic E-state index is 1.91. The van der Waals surface area contributed by atoms with Gasteiger partial charge in [0.25, 0.3) is 0 Å². The van der Waals surface area contributed by atoms with Crippen LogP contribution in [0.15, 0.2) is 0 Å². The zero-order valence-corrected chi connectivity index (χ0v) is 10.7. The first-order valence-corrected chi connectivity index (χ1v) is 5.05. The molecule has 0 heterocycles. The molecule has 23 heavy (non-hydrogen) atoms. The molecule has 0 aliphatic heterocycles. The van der Waals surface area contributed by atoms with E-state index in [1.807, 2.05) is 0 Å². The van der Waals surface area contributed by atoms with Crippen molar-refractivity contribution in [3.05, 3.63) is 31.2 Å². The molecular weight excluding hydrogens is 344 g/mol. The molecule has 0 aromatic carbocycles. The summed E-state index contributed by atoms with van der Waals surface area (Å²) in [7, 11) is 0. The highest BCUT2D eigenvalue weighted by molar-refractivity contribution is 4.30. The lowest BCUT2D eigenvalue weighted by molar-refractivity contribution is -1.45. The first-order chi connectivity index (χ1) is 10.4. The Bertz CT molecular complexity index is 272. The molecule has 6 unspecified atom stereocenters. The number of quaternary nitrogens is 6. The van der Waals surface area contributed by atoms with Gasteiger partial charge in [0.1, 0.15) is 0 Å². The molecule has 0 aliphatic carbocycles. The maximum absolute atomic E-state index is 10.8. The third-order valence-electron chi connectivity index (χ3n) is 2.36. The number of hydrogen-bond donors (Lipinski definition) is 12. The van der Waals surface area contributed by atoms with E-state index in [1.54, 1.807) is 0 Å². The van der Waals surface area contributed by atoms with Crippen molar-refractivity contribution in [3.63, 3.8) is 0 Å². The highest BCUT2D eigenvalue weighted by atomic mass is 17.0. The van der Waals surface area contributed by atoms with Crippen LogP contribution in [-0.4, -0.2) is 50.0 Å². The lowest BCUT2D eigenvalue weighted by atomic mass is 10.7. The average Bonchev–Trinajstić information content (AvgIpc) is 2.35. The molecule has 6 atom stereocenters. The standard InChI is InChI=1S/C3H14N6O14/c10-4(11)2(5(12)13,6(14)15)22-1-23-3(7(16)17,8(18)19)9(20)21/h4-10,12,14,16,18,20H,1H2. The number of ether oxygens (including phenoxy) is 2. The van der Waals surface area contributed by atoms with E-state index in [9.17, 15) is 31.2 Å². The van der Waals surface area contributed by atoms with Crippen molar-refractivity contribution in [2.45, 2.75) is 11.9 Å². The number of nitrogens with one attached hydrogen (secondary N) is 6. The lowest BCUT2D eigenvalue weighted by Gasteiger charge is -2.40. The Morgan fingerprint density at radius 3 is 0.826 bits per heavy atom. The summed E-state index contributed by atoms with van der Waals surface area (Å²) in [6.45, 7) is -1.91. The zero-order chi connectivity index (χ0) is 18.6. The minimum Gasteiger partial charge on any atom is -0.588 e. The van der Waals surface area contributed by atoms with Crippen molar-refractivity contribution in [1.82, 2.24) is 0 Å². The fraction of sp³-hybridized carbons (Fsp3) is 1.00. The van der Waals surface area contributed by atoms with Gasteiger partial charge in [-0.05, 0) is 0 Å². The third kappa shape index (κ3) is 4.19. The largest absolute Gasteiger partial charge is 0.588 e. The molecule has 20 heteroatoms. The Hall–Kier alpha value is -0.800. The van der Waals surface area contributed by atoms with Gasteiger partial charge in [-0.1, -0.05) is 31.4 Å². The summed E-state index contributed by atoms with van der Waals surface area (Å²) in [5.74, 6) is -7.94. The topological polar surface area (TPSA) is 305 Å². The number of hydroxylamine groups is 12. The predicted octanol–water partition coefficient (Wildman–Crippen LogP) is -11.2. The van der Waals surface area contributed by atoms with Crippen LogP contribution < -0.4 is 31.4 Å². The predicted molar refractivity (Wildman–Crippen MR) is 49.2 cm³/mol. The van der Waals surface area contributed by atoms with Crippen molar-refractivity contribution < 1.29 is 72.1 Å². The maximum Gasteiger partial charge on any atom is 0.569 e. The van der Waals surface area contributed by atoms with Crippen molar-refractivity contribution in [2.75, 3.05) is 6.79 Å². The molecule has 0 bridgehead atoms. The first kappa shape index (κ1) is 22.2. The van der Waals surface area contributed by atoms with Gasteiger partial charge in [0, 0.05) is 0 Å².